The van der Waals surface area contributed by atoms with Gasteiger partial charge in [-0.2, -0.15) is 0 Å². The molecule has 1 saturated heterocycles. The van der Waals surface area contributed by atoms with Gasteiger partial charge in [-0.15, -0.1) is 0 Å². The first-order valence-electron chi connectivity index (χ1n) is 8.16. The first kappa shape index (κ1) is 17.6. The lowest BCUT2D eigenvalue weighted by Crippen LogP contribution is -2.38. The van der Waals surface area contributed by atoms with Crippen LogP contribution in [0.2, 0.25) is 0 Å². The molecule has 1 atom stereocenters. The number of amides is 1. The molecule has 2 rings (SSSR count). The van der Waals surface area contributed by atoms with Crippen molar-refractivity contribution in [3.05, 3.63) is 23.8 Å². The van der Waals surface area contributed by atoms with Crippen molar-refractivity contribution >= 4 is 5.91 Å². The highest BCUT2D eigenvalue weighted by atomic mass is 16.5. The fourth-order valence-electron chi connectivity index (χ4n) is 2.82. The SMILES string of the molecule is COc1ccc(CN2CCC(CNC(=O)C(C)(C)C)C2)cc1O. The Labute approximate surface area is 138 Å². The Morgan fingerprint density at radius 3 is 2.78 bits per heavy atom. The number of carbonyl (C=O) groups is 1. The molecule has 5 nitrogen and oxygen atoms in total. The second-order valence-electron chi connectivity index (χ2n) is 7.36. The standard InChI is InChI=1S/C18H28N2O3/c1-18(2,3)17(22)19-10-14-7-8-20(12-14)11-13-5-6-16(23-4)15(21)9-13/h5-6,9,14,21H,7-8,10-12H2,1-4H3,(H,19,22). The Morgan fingerprint density at radius 2 is 2.17 bits per heavy atom. The maximum absolute atomic E-state index is 11.9. The lowest BCUT2D eigenvalue weighted by atomic mass is 9.95. The second-order valence-corrected chi connectivity index (χ2v) is 7.36. The molecule has 1 fully saturated rings. The summed E-state index contributed by atoms with van der Waals surface area (Å²) >= 11 is 0. The lowest BCUT2D eigenvalue weighted by Gasteiger charge is -2.20. The second kappa shape index (κ2) is 7.21. The Morgan fingerprint density at radius 1 is 1.43 bits per heavy atom. The van der Waals surface area contributed by atoms with Crippen LogP contribution in [0.25, 0.3) is 0 Å². The topological polar surface area (TPSA) is 61.8 Å². The summed E-state index contributed by atoms with van der Waals surface area (Å²) in [6.45, 7) is 9.32. The number of carbonyl (C=O) groups excluding carboxylic acids is 1. The van der Waals surface area contributed by atoms with Crippen LogP contribution in [0.15, 0.2) is 18.2 Å². The predicted octanol–water partition coefficient (Wildman–Crippen LogP) is 2.39. The van der Waals surface area contributed by atoms with E-state index < -0.39 is 0 Å². The van der Waals surface area contributed by atoms with Crippen molar-refractivity contribution in [3.8, 4) is 11.5 Å². The Hall–Kier alpha value is -1.75. The number of hydrogen-bond acceptors (Lipinski definition) is 4. The molecule has 0 aromatic heterocycles. The molecule has 0 saturated carbocycles. The third-order valence-corrected chi connectivity index (χ3v) is 4.25. The zero-order valence-electron chi connectivity index (χ0n) is 14.6. The van der Waals surface area contributed by atoms with Gasteiger partial charge in [-0.3, -0.25) is 9.69 Å². The van der Waals surface area contributed by atoms with Crippen molar-refractivity contribution in [3.63, 3.8) is 0 Å². The minimum Gasteiger partial charge on any atom is -0.504 e. The minimum absolute atomic E-state index is 0.107. The van der Waals surface area contributed by atoms with Gasteiger partial charge >= 0.3 is 0 Å². The Bertz CT molecular complexity index is 552. The summed E-state index contributed by atoms with van der Waals surface area (Å²) in [5.74, 6) is 1.28. The van der Waals surface area contributed by atoms with Crippen molar-refractivity contribution in [1.29, 1.82) is 0 Å². The summed E-state index contributed by atoms with van der Waals surface area (Å²) in [7, 11) is 1.55. The highest BCUT2D eigenvalue weighted by Crippen LogP contribution is 2.27. The quantitative estimate of drug-likeness (QED) is 0.874. The zero-order chi connectivity index (χ0) is 17.0. The summed E-state index contributed by atoms with van der Waals surface area (Å²) in [5.41, 5.74) is 0.738. The van der Waals surface area contributed by atoms with Crippen LogP contribution in [0, 0.1) is 11.3 Å². The fourth-order valence-corrected chi connectivity index (χ4v) is 2.82. The van der Waals surface area contributed by atoms with Crippen molar-refractivity contribution in [2.24, 2.45) is 11.3 Å². The normalized spacial score (nSPS) is 18.9. The van der Waals surface area contributed by atoms with Gasteiger partial charge in [0, 0.05) is 25.0 Å². The molecule has 128 valence electrons. The Balaban J connectivity index is 1.81. The summed E-state index contributed by atoms with van der Waals surface area (Å²) in [4.78, 5) is 14.3. The number of likely N-dealkylation sites (tertiary alicyclic amines) is 1. The van der Waals surface area contributed by atoms with Gasteiger partial charge in [0.25, 0.3) is 0 Å². The molecule has 0 radical (unpaired) electrons. The van der Waals surface area contributed by atoms with E-state index in [1.54, 1.807) is 19.2 Å². The molecule has 1 amide bonds. The van der Waals surface area contributed by atoms with E-state index in [1.165, 1.54) is 0 Å². The molecular weight excluding hydrogens is 292 g/mol. The van der Waals surface area contributed by atoms with E-state index in [0.29, 0.717) is 11.7 Å². The summed E-state index contributed by atoms with van der Waals surface area (Å²) in [6, 6.07) is 5.53. The van der Waals surface area contributed by atoms with Gasteiger partial charge in [0.2, 0.25) is 5.91 Å². The third-order valence-electron chi connectivity index (χ3n) is 4.25. The van der Waals surface area contributed by atoms with Crippen LogP contribution in [-0.2, 0) is 11.3 Å². The summed E-state index contributed by atoms with van der Waals surface area (Å²) in [6.07, 6.45) is 1.09. The molecular formula is C18H28N2O3. The van der Waals surface area contributed by atoms with Gasteiger partial charge in [-0.1, -0.05) is 26.8 Å². The predicted molar refractivity (Wildman–Crippen MR) is 90.5 cm³/mol. The van der Waals surface area contributed by atoms with Gasteiger partial charge in [-0.05, 0) is 36.6 Å². The van der Waals surface area contributed by atoms with Crippen molar-refractivity contribution in [1.82, 2.24) is 10.2 Å². The molecule has 1 unspecified atom stereocenters. The summed E-state index contributed by atoms with van der Waals surface area (Å²) in [5, 5.41) is 12.9. The molecule has 0 spiro atoms. The van der Waals surface area contributed by atoms with Crippen LogP contribution in [0.4, 0.5) is 0 Å². The largest absolute Gasteiger partial charge is 0.504 e. The molecule has 1 heterocycles. The molecule has 1 aromatic rings. The van der Waals surface area contributed by atoms with Crippen molar-refractivity contribution < 1.29 is 14.6 Å². The smallest absolute Gasteiger partial charge is 0.225 e. The minimum atomic E-state index is -0.334. The molecule has 1 aliphatic rings. The average Bonchev–Trinajstić information content (AvgIpc) is 2.91. The number of phenolic OH excluding ortho intramolecular Hbond substituents is 1. The van der Waals surface area contributed by atoms with Crippen LogP contribution < -0.4 is 10.1 Å². The number of ether oxygens (including phenoxy) is 1. The number of nitrogens with zero attached hydrogens (tertiary/aromatic N) is 1. The number of hydrogen-bond donors (Lipinski definition) is 2. The van der Waals surface area contributed by atoms with Crippen molar-refractivity contribution in [2.45, 2.75) is 33.7 Å². The van der Waals surface area contributed by atoms with Gasteiger partial charge in [-0.25, -0.2) is 0 Å². The summed E-state index contributed by atoms with van der Waals surface area (Å²) < 4.78 is 5.06. The number of nitrogens with one attached hydrogen (secondary N) is 1. The number of aromatic hydroxyl groups is 1. The monoisotopic (exact) mass is 320 g/mol. The third kappa shape index (κ3) is 4.86. The number of phenols is 1. The van der Waals surface area contributed by atoms with Gasteiger partial charge in [0.15, 0.2) is 11.5 Å². The molecule has 1 aromatic carbocycles. The fraction of sp³-hybridized carbons (Fsp3) is 0.611. The van der Waals surface area contributed by atoms with Crippen LogP contribution in [0.3, 0.4) is 0 Å². The molecule has 0 bridgehead atoms. The van der Waals surface area contributed by atoms with Gasteiger partial charge in [0.05, 0.1) is 7.11 Å². The molecule has 1 aliphatic heterocycles. The van der Waals surface area contributed by atoms with E-state index in [0.717, 1.165) is 38.2 Å². The van der Waals surface area contributed by atoms with E-state index in [1.807, 2.05) is 26.8 Å². The van der Waals surface area contributed by atoms with E-state index in [-0.39, 0.29) is 17.1 Å². The first-order chi connectivity index (χ1) is 10.8. The molecule has 0 aliphatic carbocycles. The van der Waals surface area contributed by atoms with Crippen LogP contribution in [-0.4, -0.2) is 42.7 Å². The number of rotatable bonds is 5. The lowest BCUT2D eigenvalue weighted by molar-refractivity contribution is -0.128. The first-order valence-corrected chi connectivity index (χ1v) is 8.16. The van der Waals surface area contributed by atoms with Crippen LogP contribution in [0.1, 0.15) is 32.8 Å². The number of methoxy groups -OCH3 is 1. The van der Waals surface area contributed by atoms with Gasteiger partial charge < -0.3 is 15.2 Å². The number of benzene rings is 1. The van der Waals surface area contributed by atoms with Crippen LogP contribution in [0.5, 0.6) is 11.5 Å². The van der Waals surface area contributed by atoms with Gasteiger partial charge in [0.1, 0.15) is 0 Å². The highest BCUT2D eigenvalue weighted by molar-refractivity contribution is 5.81. The van der Waals surface area contributed by atoms with E-state index in [9.17, 15) is 9.90 Å². The van der Waals surface area contributed by atoms with Crippen molar-refractivity contribution in [2.75, 3.05) is 26.7 Å². The zero-order valence-corrected chi connectivity index (χ0v) is 14.6. The van der Waals surface area contributed by atoms with E-state index in [4.69, 9.17) is 4.74 Å². The maximum Gasteiger partial charge on any atom is 0.225 e. The van der Waals surface area contributed by atoms with E-state index >= 15 is 0 Å². The van der Waals surface area contributed by atoms with E-state index in [2.05, 4.69) is 10.2 Å². The molecule has 2 N–H and O–H groups in total. The Kier molecular flexibility index (Phi) is 5.52. The highest BCUT2D eigenvalue weighted by Gasteiger charge is 2.26. The molecule has 5 heteroatoms. The molecule has 23 heavy (non-hydrogen) atoms. The average molecular weight is 320 g/mol. The van der Waals surface area contributed by atoms with Crippen LogP contribution >= 0.6 is 0 Å². The maximum atomic E-state index is 11.9.